The standard InChI is InChI=1S/C13H24O4.Ca.2H/c1-3-5-6-7-8-10-13(9-4-2,11(14)15)12(16)17;;;/h3-10H2,1-2H3,(H,14,15)(H,16,17);;;/q;+2;2*-1. The van der Waals surface area contributed by atoms with Gasteiger partial charge in [0.2, 0.25) is 0 Å². The Bertz CT molecular complexity index is 249. The van der Waals surface area contributed by atoms with Gasteiger partial charge in [0.15, 0.2) is 5.41 Å². The maximum Gasteiger partial charge on any atom is 2.00 e. The summed E-state index contributed by atoms with van der Waals surface area (Å²) in [5.74, 6) is -2.38. The van der Waals surface area contributed by atoms with Gasteiger partial charge in [0.1, 0.15) is 0 Å². The van der Waals surface area contributed by atoms with Gasteiger partial charge in [0.05, 0.1) is 0 Å². The minimum absolute atomic E-state index is 0. The minimum Gasteiger partial charge on any atom is -1.00 e. The fourth-order valence-corrected chi connectivity index (χ4v) is 2.10. The topological polar surface area (TPSA) is 74.6 Å². The van der Waals surface area contributed by atoms with Crippen LogP contribution in [0, 0.1) is 5.41 Å². The Balaban J connectivity index is -0.000000427. The number of carboxylic acid groups (broad SMARTS) is 2. The van der Waals surface area contributed by atoms with E-state index in [0.717, 1.165) is 25.7 Å². The SMILES string of the molecule is CCCCCCCC(CCC)(C(=O)O)C(=O)O.[Ca+2].[H-].[H-]. The van der Waals surface area contributed by atoms with Crippen LogP contribution in [0.15, 0.2) is 0 Å². The molecule has 0 aromatic heterocycles. The third-order valence-electron chi connectivity index (χ3n) is 3.20. The van der Waals surface area contributed by atoms with Crippen molar-refractivity contribution >= 4 is 49.7 Å². The molecule has 0 saturated carbocycles. The van der Waals surface area contributed by atoms with E-state index in [1.165, 1.54) is 0 Å². The van der Waals surface area contributed by atoms with Gasteiger partial charge in [0.25, 0.3) is 0 Å². The molecule has 0 aliphatic rings. The van der Waals surface area contributed by atoms with E-state index >= 15 is 0 Å². The monoisotopic (exact) mass is 286 g/mol. The predicted molar refractivity (Wildman–Crippen MR) is 74.0 cm³/mol. The number of carboxylic acids is 2. The van der Waals surface area contributed by atoms with Crippen LogP contribution in [0.5, 0.6) is 0 Å². The molecule has 0 aromatic carbocycles. The summed E-state index contributed by atoms with van der Waals surface area (Å²) in [6.07, 6.45) is 5.93. The van der Waals surface area contributed by atoms with Crippen LogP contribution in [-0.2, 0) is 9.59 Å². The van der Waals surface area contributed by atoms with Crippen molar-refractivity contribution in [1.82, 2.24) is 0 Å². The molecule has 0 aromatic rings. The molecule has 0 atom stereocenters. The van der Waals surface area contributed by atoms with Crippen molar-refractivity contribution < 1.29 is 22.7 Å². The van der Waals surface area contributed by atoms with Crippen molar-refractivity contribution in [1.29, 1.82) is 0 Å². The first-order valence-corrected chi connectivity index (χ1v) is 6.48. The van der Waals surface area contributed by atoms with Crippen molar-refractivity contribution in [2.45, 2.75) is 65.2 Å². The second-order valence-electron chi connectivity index (χ2n) is 4.61. The fraction of sp³-hybridized carbons (Fsp3) is 0.846. The van der Waals surface area contributed by atoms with Crippen LogP contribution in [0.1, 0.15) is 68.1 Å². The zero-order valence-corrected chi connectivity index (χ0v) is 13.8. The number of hydrogen-bond acceptors (Lipinski definition) is 2. The Hall–Kier alpha value is 0.200. The smallest absolute Gasteiger partial charge is 1.00 e. The first-order valence-electron chi connectivity index (χ1n) is 6.48. The maximum absolute atomic E-state index is 11.2. The van der Waals surface area contributed by atoms with Crippen LogP contribution in [0.3, 0.4) is 0 Å². The Morgan fingerprint density at radius 1 is 0.889 bits per heavy atom. The number of hydrogen-bond donors (Lipinski definition) is 2. The first-order chi connectivity index (χ1) is 8.01. The van der Waals surface area contributed by atoms with Crippen LogP contribution < -0.4 is 0 Å². The van der Waals surface area contributed by atoms with Gasteiger partial charge in [-0.1, -0.05) is 52.4 Å². The molecular formula is C13H26CaO4. The van der Waals surface area contributed by atoms with Gasteiger partial charge < -0.3 is 13.1 Å². The summed E-state index contributed by atoms with van der Waals surface area (Å²) in [5, 5.41) is 18.3. The molecule has 5 heteroatoms. The average molecular weight is 286 g/mol. The molecule has 0 fully saturated rings. The molecule has 0 radical (unpaired) electrons. The summed E-state index contributed by atoms with van der Waals surface area (Å²) in [4.78, 5) is 22.4. The van der Waals surface area contributed by atoms with E-state index in [4.69, 9.17) is 10.2 Å². The summed E-state index contributed by atoms with van der Waals surface area (Å²) in [7, 11) is 0. The Morgan fingerprint density at radius 2 is 1.39 bits per heavy atom. The minimum atomic E-state index is -1.57. The number of rotatable bonds is 10. The summed E-state index contributed by atoms with van der Waals surface area (Å²) < 4.78 is 0. The Morgan fingerprint density at radius 3 is 1.78 bits per heavy atom. The number of carbonyl (C=O) groups is 2. The molecule has 0 rings (SSSR count). The van der Waals surface area contributed by atoms with Crippen molar-refractivity contribution in [3.63, 3.8) is 0 Å². The fourth-order valence-electron chi connectivity index (χ4n) is 2.10. The van der Waals surface area contributed by atoms with E-state index in [-0.39, 0.29) is 53.4 Å². The molecule has 0 spiro atoms. The molecule has 0 aliphatic carbocycles. The quantitative estimate of drug-likeness (QED) is 0.367. The summed E-state index contributed by atoms with van der Waals surface area (Å²) >= 11 is 0. The van der Waals surface area contributed by atoms with E-state index in [1.807, 2.05) is 6.92 Å². The molecular weight excluding hydrogens is 260 g/mol. The van der Waals surface area contributed by atoms with E-state index in [1.54, 1.807) is 0 Å². The Kier molecular flexibility index (Phi) is 12.6. The van der Waals surface area contributed by atoms with E-state index in [0.29, 0.717) is 12.8 Å². The molecule has 4 nitrogen and oxygen atoms in total. The normalized spacial score (nSPS) is 10.8. The molecule has 0 aliphatic heterocycles. The van der Waals surface area contributed by atoms with Crippen molar-refractivity contribution in [3.05, 3.63) is 0 Å². The molecule has 0 bridgehead atoms. The van der Waals surface area contributed by atoms with Crippen LogP contribution in [0.2, 0.25) is 0 Å². The molecule has 104 valence electrons. The van der Waals surface area contributed by atoms with Gasteiger partial charge in [-0.2, -0.15) is 0 Å². The summed E-state index contributed by atoms with van der Waals surface area (Å²) in [6, 6.07) is 0. The zero-order valence-electron chi connectivity index (χ0n) is 13.6. The van der Waals surface area contributed by atoms with Crippen molar-refractivity contribution in [3.8, 4) is 0 Å². The van der Waals surface area contributed by atoms with Gasteiger partial charge >= 0.3 is 49.7 Å². The average Bonchev–Trinajstić information content (AvgIpc) is 2.26. The molecule has 18 heavy (non-hydrogen) atoms. The molecule has 0 saturated heterocycles. The largest absolute Gasteiger partial charge is 2.00 e. The van der Waals surface area contributed by atoms with Crippen molar-refractivity contribution in [2.75, 3.05) is 0 Å². The third-order valence-corrected chi connectivity index (χ3v) is 3.20. The van der Waals surface area contributed by atoms with Crippen molar-refractivity contribution in [2.24, 2.45) is 5.41 Å². The second kappa shape index (κ2) is 11.1. The number of aliphatic carboxylic acids is 2. The van der Waals surface area contributed by atoms with Gasteiger partial charge in [-0.15, -0.1) is 0 Å². The molecule has 0 unspecified atom stereocenters. The zero-order chi connectivity index (χ0) is 13.3. The molecule has 2 N–H and O–H groups in total. The Labute approximate surface area is 142 Å². The maximum atomic E-state index is 11.2. The van der Waals surface area contributed by atoms with E-state index in [9.17, 15) is 9.59 Å². The van der Waals surface area contributed by atoms with Gasteiger partial charge in [-0.3, -0.25) is 9.59 Å². The molecule has 0 amide bonds. The van der Waals surface area contributed by atoms with Gasteiger partial charge in [-0.25, -0.2) is 0 Å². The van der Waals surface area contributed by atoms with Gasteiger partial charge in [0, 0.05) is 0 Å². The van der Waals surface area contributed by atoms with Crippen LogP contribution >= 0.6 is 0 Å². The summed E-state index contributed by atoms with van der Waals surface area (Å²) in [5.41, 5.74) is -1.57. The number of unbranched alkanes of at least 4 members (excludes halogenated alkanes) is 4. The summed E-state index contributed by atoms with van der Waals surface area (Å²) in [6.45, 7) is 3.92. The first kappa shape index (κ1) is 20.5. The third kappa shape index (κ3) is 6.39. The van der Waals surface area contributed by atoms with Crippen LogP contribution in [-0.4, -0.2) is 59.9 Å². The predicted octanol–water partition coefficient (Wildman–Crippen LogP) is 3.15. The second-order valence-corrected chi connectivity index (χ2v) is 4.61. The van der Waals surface area contributed by atoms with Crippen LogP contribution in [0.4, 0.5) is 0 Å². The van der Waals surface area contributed by atoms with E-state index in [2.05, 4.69) is 6.92 Å². The van der Waals surface area contributed by atoms with Crippen LogP contribution in [0.25, 0.3) is 0 Å². The van der Waals surface area contributed by atoms with E-state index < -0.39 is 17.4 Å². The van der Waals surface area contributed by atoms with Gasteiger partial charge in [-0.05, 0) is 12.8 Å². The molecule has 0 heterocycles.